The maximum Gasteiger partial charge on any atom is 0.253 e. The molecule has 3 rings (SSSR count). The highest BCUT2D eigenvalue weighted by molar-refractivity contribution is 6.22. The molecule has 0 fully saturated rings. The topological polar surface area (TPSA) is 70.0 Å². The van der Waals surface area contributed by atoms with E-state index in [0.717, 1.165) is 11.6 Å². The predicted octanol–water partition coefficient (Wildman–Crippen LogP) is 4.01. The lowest BCUT2D eigenvalue weighted by atomic mass is 9.84. The van der Waals surface area contributed by atoms with Gasteiger partial charge in [-0.1, -0.05) is 32.9 Å². The second kappa shape index (κ2) is 6.06. The van der Waals surface area contributed by atoms with Crippen molar-refractivity contribution in [2.75, 3.05) is 5.32 Å². The van der Waals surface area contributed by atoms with Gasteiger partial charge in [-0.15, -0.1) is 0 Å². The van der Waals surface area contributed by atoms with E-state index >= 15 is 0 Å². The summed E-state index contributed by atoms with van der Waals surface area (Å²) in [6.07, 6.45) is -0.124. The molecule has 0 aliphatic heterocycles. The van der Waals surface area contributed by atoms with Crippen LogP contribution in [-0.2, 0) is 16.6 Å². The maximum atomic E-state index is 13.4. The second-order valence-electron chi connectivity index (χ2n) is 7.61. The third kappa shape index (κ3) is 2.88. The lowest BCUT2D eigenvalue weighted by Crippen LogP contribution is -2.40. The van der Waals surface area contributed by atoms with E-state index in [0.29, 0.717) is 11.3 Å². The van der Waals surface area contributed by atoms with E-state index < -0.39 is 22.9 Å². The van der Waals surface area contributed by atoms with E-state index in [1.807, 2.05) is 18.2 Å². The molecule has 2 aromatic carbocycles. The summed E-state index contributed by atoms with van der Waals surface area (Å²) < 4.78 is 13.4. The third-order valence-electron chi connectivity index (χ3n) is 4.74. The van der Waals surface area contributed by atoms with Crippen molar-refractivity contribution >= 4 is 17.4 Å². The van der Waals surface area contributed by atoms with Gasteiger partial charge in [-0.05, 0) is 46.9 Å². The number of carbonyl (C=O) groups is 2. The first kappa shape index (κ1) is 17.8. The standard InChI is InChI=1S/C21H19FN2O2/c1-20(2,3)14-4-7-16(8-5-14)24-19(26)21(12-23)11-13-10-15(22)6-9-17(13)18(21)25/h4-10H,11H2,1-3H3,(H,24,26)/t21-/m1/s1. The molecule has 1 N–H and O–H groups in total. The van der Waals surface area contributed by atoms with Gasteiger partial charge in [0.05, 0.1) is 6.07 Å². The monoisotopic (exact) mass is 350 g/mol. The first-order chi connectivity index (χ1) is 12.2. The number of nitrogens with one attached hydrogen (secondary N) is 1. The SMILES string of the molecule is CC(C)(C)c1ccc(NC(=O)[C@@]2(C#N)Cc3cc(F)ccc3C2=O)cc1. The molecule has 1 atom stereocenters. The lowest BCUT2D eigenvalue weighted by Gasteiger charge is -2.21. The highest BCUT2D eigenvalue weighted by Gasteiger charge is 2.52. The number of hydrogen-bond acceptors (Lipinski definition) is 3. The van der Waals surface area contributed by atoms with Crippen molar-refractivity contribution in [2.24, 2.45) is 5.41 Å². The summed E-state index contributed by atoms with van der Waals surface area (Å²) in [5.41, 5.74) is 0.335. The van der Waals surface area contributed by atoms with Gasteiger partial charge in [-0.3, -0.25) is 9.59 Å². The quantitative estimate of drug-likeness (QED) is 0.832. The van der Waals surface area contributed by atoms with Gasteiger partial charge < -0.3 is 5.32 Å². The van der Waals surface area contributed by atoms with Gasteiger partial charge in [0.25, 0.3) is 5.91 Å². The van der Waals surface area contributed by atoms with Crippen molar-refractivity contribution in [1.29, 1.82) is 5.26 Å². The van der Waals surface area contributed by atoms with Crippen LogP contribution in [0, 0.1) is 22.6 Å². The van der Waals surface area contributed by atoms with Crippen LogP contribution in [0.15, 0.2) is 42.5 Å². The molecular weight excluding hydrogens is 331 g/mol. The van der Waals surface area contributed by atoms with Crippen LogP contribution in [0.1, 0.15) is 42.3 Å². The lowest BCUT2D eigenvalue weighted by molar-refractivity contribution is -0.120. The minimum absolute atomic E-state index is 0.0243. The smallest absolute Gasteiger partial charge is 0.253 e. The van der Waals surface area contributed by atoms with Crippen LogP contribution in [-0.4, -0.2) is 11.7 Å². The Balaban J connectivity index is 1.87. The molecule has 132 valence electrons. The zero-order chi connectivity index (χ0) is 19.1. The number of nitriles is 1. The first-order valence-electron chi connectivity index (χ1n) is 8.34. The number of anilines is 1. The summed E-state index contributed by atoms with van der Waals surface area (Å²) in [4.78, 5) is 25.4. The number of nitrogens with zero attached hydrogens (tertiary/aromatic N) is 1. The minimum atomic E-state index is -1.86. The molecule has 26 heavy (non-hydrogen) atoms. The number of Topliss-reactive ketones (excluding diaryl/α,β-unsaturated/α-hetero) is 1. The van der Waals surface area contributed by atoms with Crippen molar-refractivity contribution < 1.29 is 14.0 Å². The molecule has 0 unspecified atom stereocenters. The van der Waals surface area contributed by atoms with E-state index in [1.165, 1.54) is 12.1 Å². The van der Waals surface area contributed by atoms with Crippen LogP contribution in [0.3, 0.4) is 0 Å². The number of benzene rings is 2. The van der Waals surface area contributed by atoms with E-state index in [4.69, 9.17) is 0 Å². The summed E-state index contributed by atoms with van der Waals surface area (Å²) in [6.45, 7) is 6.25. The van der Waals surface area contributed by atoms with E-state index in [1.54, 1.807) is 12.1 Å². The molecule has 0 spiro atoms. The van der Waals surface area contributed by atoms with Gasteiger partial charge in [-0.25, -0.2) is 4.39 Å². The van der Waals surface area contributed by atoms with Crippen LogP contribution < -0.4 is 5.32 Å². The van der Waals surface area contributed by atoms with Gasteiger partial charge in [0.2, 0.25) is 5.41 Å². The summed E-state index contributed by atoms with van der Waals surface area (Å²) in [7, 11) is 0. The highest BCUT2D eigenvalue weighted by Crippen LogP contribution is 2.38. The maximum absolute atomic E-state index is 13.4. The molecule has 4 nitrogen and oxygen atoms in total. The zero-order valence-corrected chi connectivity index (χ0v) is 14.9. The van der Waals surface area contributed by atoms with Crippen molar-refractivity contribution in [3.05, 3.63) is 65.0 Å². The molecule has 0 radical (unpaired) electrons. The average molecular weight is 350 g/mol. The molecule has 0 saturated heterocycles. The Hall–Kier alpha value is -3.00. The molecule has 1 aliphatic carbocycles. The summed E-state index contributed by atoms with van der Waals surface area (Å²) >= 11 is 0. The molecule has 0 bridgehead atoms. The molecule has 2 aromatic rings. The molecule has 1 aliphatic rings. The molecule has 0 aromatic heterocycles. The Morgan fingerprint density at radius 2 is 1.85 bits per heavy atom. The molecule has 0 saturated carbocycles. The number of rotatable bonds is 2. The van der Waals surface area contributed by atoms with Crippen LogP contribution in [0.4, 0.5) is 10.1 Å². The van der Waals surface area contributed by atoms with Gasteiger partial charge in [0, 0.05) is 17.7 Å². The fraction of sp³-hybridized carbons (Fsp3) is 0.286. The number of ketones is 1. The minimum Gasteiger partial charge on any atom is -0.324 e. The Bertz CT molecular complexity index is 936. The van der Waals surface area contributed by atoms with Crippen LogP contribution >= 0.6 is 0 Å². The fourth-order valence-electron chi connectivity index (χ4n) is 3.14. The third-order valence-corrected chi connectivity index (χ3v) is 4.74. The van der Waals surface area contributed by atoms with E-state index in [2.05, 4.69) is 26.1 Å². The van der Waals surface area contributed by atoms with Gasteiger partial charge >= 0.3 is 0 Å². The first-order valence-corrected chi connectivity index (χ1v) is 8.34. The summed E-state index contributed by atoms with van der Waals surface area (Å²) in [6, 6.07) is 12.8. The zero-order valence-electron chi connectivity index (χ0n) is 14.9. The Kier molecular flexibility index (Phi) is 4.15. The highest BCUT2D eigenvalue weighted by atomic mass is 19.1. The Morgan fingerprint density at radius 1 is 1.19 bits per heavy atom. The van der Waals surface area contributed by atoms with E-state index in [-0.39, 0.29) is 17.4 Å². The molecule has 0 heterocycles. The number of carbonyl (C=O) groups excluding carboxylic acids is 2. The van der Waals surface area contributed by atoms with Crippen LogP contribution in [0.5, 0.6) is 0 Å². The number of amides is 1. The summed E-state index contributed by atoms with van der Waals surface area (Å²) in [5, 5.41) is 12.3. The Morgan fingerprint density at radius 3 is 2.42 bits per heavy atom. The largest absolute Gasteiger partial charge is 0.324 e. The summed E-state index contributed by atoms with van der Waals surface area (Å²) in [5.74, 6) is -1.77. The van der Waals surface area contributed by atoms with Gasteiger partial charge in [-0.2, -0.15) is 5.26 Å². The predicted molar refractivity (Wildman–Crippen MR) is 96.3 cm³/mol. The van der Waals surface area contributed by atoms with Crippen molar-refractivity contribution in [1.82, 2.24) is 0 Å². The number of fused-ring (bicyclic) bond motifs is 1. The van der Waals surface area contributed by atoms with Crippen molar-refractivity contribution in [2.45, 2.75) is 32.6 Å². The van der Waals surface area contributed by atoms with E-state index in [9.17, 15) is 19.2 Å². The van der Waals surface area contributed by atoms with Crippen LogP contribution in [0.2, 0.25) is 0 Å². The van der Waals surface area contributed by atoms with Crippen molar-refractivity contribution in [3.8, 4) is 6.07 Å². The fourth-order valence-corrected chi connectivity index (χ4v) is 3.14. The Labute approximate surface area is 151 Å². The van der Waals surface area contributed by atoms with Crippen molar-refractivity contribution in [3.63, 3.8) is 0 Å². The average Bonchev–Trinajstić information content (AvgIpc) is 2.87. The molecule has 1 amide bonds. The normalized spacial score (nSPS) is 19.0. The number of halogens is 1. The van der Waals surface area contributed by atoms with Crippen LogP contribution in [0.25, 0.3) is 0 Å². The van der Waals surface area contributed by atoms with Gasteiger partial charge in [0.15, 0.2) is 5.78 Å². The molecular formula is C21H19FN2O2. The van der Waals surface area contributed by atoms with Gasteiger partial charge in [0.1, 0.15) is 5.82 Å². The molecule has 5 heteroatoms. The number of hydrogen-bond donors (Lipinski definition) is 1. The second-order valence-corrected chi connectivity index (χ2v) is 7.61.